The number of carbonyl (C=O) groups is 2. The van der Waals surface area contributed by atoms with Crippen molar-refractivity contribution in [3.8, 4) is 0 Å². The number of unbranched alkanes of at least 4 members (excludes halogenated alkanes) is 1. The molecule has 0 aliphatic carbocycles. The molecule has 130 valence electrons. The fourth-order valence-electron chi connectivity index (χ4n) is 0.922. The van der Waals surface area contributed by atoms with Crippen LogP contribution in [0.1, 0.15) is 33.6 Å². The molecule has 0 atom stereocenters. The first-order chi connectivity index (χ1) is 10.8. The van der Waals surface area contributed by atoms with Crippen LogP contribution in [0.15, 0.2) is 49.3 Å². The highest BCUT2D eigenvalue weighted by molar-refractivity contribution is 5.86. The first kappa shape index (κ1) is 23.0. The van der Waals surface area contributed by atoms with E-state index in [-0.39, 0.29) is 13.2 Å². The minimum atomic E-state index is -0.536. The van der Waals surface area contributed by atoms with Gasteiger partial charge in [0.05, 0.1) is 6.61 Å². The van der Waals surface area contributed by atoms with Crippen molar-refractivity contribution in [2.45, 2.75) is 33.6 Å². The lowest BCUT2D eigenvalue weighted by Crippen LogP contribution is -2.12. The lowest BCUT2D eigenvalue weighted by atomic mass is 10.3. The minimum Gasteiger partial charge on any atom is -0.494 e. The summed E-state index contributed by atoms with van der Waals surface area (Å²) in [6.07, 6.45) is 3.29. The molecule has 0 spiro atoms. The molecule has 0 aromatic rings. The van der Waals surface area contributed by atoms with Gasteiger partial charge in [0, 0.05) is 11.6 Å². The van der Waals surface area contributed by atoms with Crippen molar-refractivity contribution in [2.75, 3.05) is 19.8 Å². The maximum atomic E-state index is 10.8. The zero-order valence-corrected chi connectivity index (χ0v) is 14.5. The Bertz CT molecular complexity index is 435. The molecular formula is C18H28O5. The van der Waals surface area contributed by atoms with Crippen LogP contribution in [0.2, 0.25) is 0 Å². The Balaban J connectivity index is 0. The lowest BCUT2D eigenvalue weighted by molar-refractivity contribution is -0.146. The molecule has 0 heterocycles. The maximum Gasteiger partial charge on any atom is 0.333 e. The summed E-state index contributed by atoms with van der Waals surface area (Å²) in [7, 11) is 0. The molecular weight excluding hydrogens is 296 g/mol. The van der Waals surface area contributed by atoms with Crippen LogP contribution >= 0.6 is 0 Å². The first-order valence-corrected chi connectivity index (χ1v) is 7.35. The van der Waals surface area contributed by atoms with Crippen LogP contribution in [0, 0.1) is 0 Å². The summed E-state index contributed by atoms with van der Waals surface area (Å²) >= 11 is 0. The maximum absolute atomic E-state index is 10.8. The molecule has 0 amide bonds. The van der Waals surface area contributed by atoms with Crippen LogP contribution in [0.5, 0.6) is 0 Å². The Morgan fingerprint density at radius 3 is 1.91 bits per heavy atom. The van der Waals surface area contributed by atoms with Crippen LogP contribution < -0.4 is 0 Å². The fraction of sp³-hybridized carbons (Fsp3) is 0.444. The van der Waals surface area contributed by atoms with Gasteiger partial charge in [0.2, 0.25) is 0 Å². The van der Waals surface area contributed by atoms with Gasteiger partial charge in [0.1, 0.15) is 19.0 Å². The quantitative estimate of drug-likeness (QED) is 0.201. The summed E-state index contributed by atoms with van der Waals surface area (Å²) in [5.41, 5.74) is 1.23. The van der Waals surface area contributed by atoms with E-state index in [4.69, 9.17) is 4.74 Å². The molecule has 5 nitrogen and oxygen atoms in total. The van der Waals surface area contributed by atoms with Gasteiger partial charge in [-0.25, -0.2) is 9.59 Å². The van der Waals surface area contributed by atoms with Gasteiger partial charge in [-0.3, -0.25) is 0 Å². The van der Waals surface area contributed by atoms with Crippen molar-refractivity contribution in [1.82, 2.24) is 0 Å². The van der Waals surface area contributed by atoms with E-state index in [1.807, 2.05) is 6.92 Å². The van der Waals surface area contributed by atoms with Crippen LogP contribution in [-0.4, -0.2) is 31.8 Å². The Morgan fingerprint density at radius 1 is 0.913 bits per heavy atom. The van der Waals surface area contributed by atoms with Crippen molar-refractivity contribution in [2.24, 2.45) is 0 Å². The summed E-state index contributed by atoms with van der Waals surface area (Å²) in [6.45, 7) is 20.4. The predicted molar refractivity (Wildman–Crippen MR) is 91.7 cm³/mol. The minimum absolute atomic E-state index is 0.0316. The summed E-state index contributed by atoms with van der Waals surface area (Å²) in [5, 5.41) is 0. The highest BCUT2D eigenvalue weighted by Gasteiger charge is 2.02. The average molecular weight is 324 g/mol. The van der Waals surface area contributed by atoms with Crippen LogP contribution in [-0.2, 0) is 23.8 Å². The zero-order chi connectivity index (χ0) is 18.3. The van der Waals surface area contributed by atoms with Gasteiger partial charge in [-0.15, -0.1) is 0 Å². The van der Waals surface area contributed by atoms with Crippen molar-refractivity contribution < 1.29 is 23.8 Å². The molecule has 0 rings (SSSR count). The lowest BCUT2D eigenvalue weighted by Gasteiger charge is -2.06. The molecule has 0 fully saturated rings. The van der Waals surface area contributed by atoms with Crippen molar-refractivity contribution >= 4 is 11.9 Å². The number of hydrogen-bond acceptors (Lipinski definition) is 5. The summed E-state index contributed by atoms with van der Waals surface area (Å²) in [6, 6.07) is 0. The van der Waals surface area contributed by atoms with Crippen molar-refractivity contribution in [3.05, 3.63) is 49.3 Å². The monoisotopic (exact) mass is 324 g/mol. The third-order valence-electron chi connectivity index (χ3n) is 2.33. The molecule has 0 unspecified atom stereocenters. The Morgan fingerprint density at radius 2 is 1.48 bits per heavy atom. The smallest absolute Gasteiger partial charge is 0.333 e. The molecule has 23 heavy (non-hydrogen) atoms. The molecule has 0 aromatic carbocycles. The molecule has 0 radical (unpaired) electrons. The van der Waals surface area contributed by atoms with Gasteiger partial charge >= 0.3 is 11.9 Å². The number of rotatable bonds is 10. The topological polar surface area (TPSA) is 61.8 Å². The van der Waals surface area contributed by atoms with E-state index in [0.29, 0.717) is 11.3 Å². The van der Waals surface area contributed by atoms with Gasteiger partial charge in [0.15, 0.2) is 0 Å². The normalized spacial score (nSPS) is 8.83. The Kier molecular flexibility index (Phi) is 14.6. The van der Waals surface area contributed by atoms with E-state index in [1.54, 1.807) is 0 Å². The van der Waals surface area contributed by atoms with Gasteiger partial charge in [-0.1, -0.05) is 39.7 Å². The van der Waals surface area contributed by atoms with Gasteiger partial charge in [-0.05, 0) is 25.8 Å². The summed E-state index contributed by atoms with van der Waals surface area (Å²) in [4.78, 5) is 21.3. The molecule has 0 saturated heterocycles. The largest absolute Gasteiger partial charge is 0.494 e. The second-order valence-corrected chi connectivity index (χ2v) is 4.69. The molecule has 0 aliphatic heterocycles. The van der Waals surface area contributed by atoms with Gasteiger partial charge < -0.3 is 14.2 Å². The van der Waals surface area contributed by atoms with Crippen molar-refractivity contribution in [1.29, 1.82) is 0 Å². The van der Waals surface area contributed by atoms with Crippen LogP contribution in [0.25, 0.3) is 0 Å². The van der Waals surface area contributed by atoms with Gasteiger partial charge in [0.25, 0.3) is 0 Å². The van der Waals surface area contributed by atoms with E-state index >= 15 is 0 Å². The van der Waals surface area contributed by atoms with E-state index in [1.165, 1.54) is 6.92 Å². The summed E-state index contributed by atoms with van der Waals surface area (Å²) < 4.78 is 14.5. The summed E-state index contributed by atoms with van der Waals surface area (Å²) in [5.74, 6) is -0.311. The third kappa shape index (κ3) is 15.9. The number of ether oxygens (including phenoxy) is 3. The average Bonchev–Trinajstić information content (AvgIpc) is 2.51. The standard InChI is InChI=1S/C9H12O4.C9H16O/c1-4-8(10)12-5-6-13-9(11)7(2)3;1-5-6-7-10-9(4)8(2)3/h4H,1-2,5-6H2,3H3;2,4-7H2,1,3H3. The zero-order valence-electron chi connectivity index (χ0n) is 14.5. The van der Waals surface area contributed by atoms with Gasteiger partial charge in [-0.2, -0.15) is 0 Å². The van der Waals surface area contributed by atoms with E-state index in [2.05, 4.69) is 42.7 Å². The third-order valence-corrected chi connectivity index (χ3v) is 2.33. The van der Waals surface area contributed by atoms with Crippen LogP contribution in [0.4, 0.5) is 0 Å². The second kappa shape index (κ2) is 14.6. The van der Waals surface area contributed by atoms with E-state index < -0.39 is 11.9 Å². The van der Waals surface area contributed by atoms with Crippen LogP contribution in [0.3, 0.4) is 0 Å². The van der Waals surface area contributed by atoms with E-state index in [0.717, 1.165) is 31.1 Å². The number of allylic oxidation sites excluding steroid dienone is 1. The molecule has 0 aromatic heterocycles. The SMILES string of the molecule is C=C(C)C(=C)OCCCC.C=CC(=O)OCCOC(=O)C(=C)C. The molecule has 0 bridgehead atoms. The Labute approximate surface area is 139 Å². The first-order valence-electron chi connectivity index (χ1n) is 7.35. The second-order valence-electron chi connectivity index (χ2n) is 4.69. The number of hydrogen-bond donors (Lipinski definition) is 0. The van der Waals surface area contributed by atoms with Crippen molar-refractivity contribution in [3.63, 3.8) is 0 Å². The van der Waals surface area contributed by atoms with E-state index in [9.17, 15) is 9.59 Å². The number of carbonyl (C=O) groups excluding carboxylic acids is 2. The fourth-order valence-corrected chi connectivity index (χ4v) is 0.922. The molecule has 0 N–H and O–H groups in total. The number of esters is 2. The molecule has 0 aliphatic rings. The highest BCUT2D eigenvalue weighted by atomic mass is 16.6. The predicted octanol–water partition coefficient (Wildman–Crippen LogP) is 3.73. The molecule has 0 saturated carbocycles. The Hall–Kier alpha value is -2.30. The highest BCUT2D eigenvalue weighted by Crippen LogP contribution is 2.05. The molecule has 5 heteroatoms.